The topological polar surface area (TPSA) is 37.1 Å². The zero-order chi connectivity index (χ0) is 11.4. The second kappa shape index (κ2) is 4.95. The summed E-state index contributed by atoms with van der Waals surface area (Å²) < 4.78 is 0. The minimum absolute atomic E-state index is 0.137. The SMILES string of the molecule is CC(C)(C)/N=N/C1(N=C=S)CCCCC1. The van der Waals surface area contributed by atoms with Crippen molar-refractivity contribution in [1.82, 2.24) is 0 Å². The van der Waals surface area contributed by atoms with E-state index in [9.17, 15) is 0 Å². The molecule has 0 aromatic rings. The number of rotatable bonds is 2. The zero-order valence-electron chi connectivity index (χ0n) is 9.79. The lowest BCUT2D eigenvalue weighted by Crippen LogP contribution is -2.27. The number of hydrogen-bond acceptors (Lipinski definition) is 4. The van der Waals surface area contributed by atoms with E-state index in [0.717, 1.165) is 25.7 Å². The summed E-state index contributed by atoms with van der Waals surface area (Å²) in [5.41, 5.74) is -0.533. The third-order valence-electron chi connectivity index (χ3n) is 2.44. The van der Waals surface area contributed by atoms with Gasteiger partial charge in [0.25, 0.3) is 0 Å². The van der Waals surface area contributed by atoms with Crippen molar-refractivity contribution in [1.29, 1.82) is 0 Å². The monoisotopic (exact) mass is 225 g/mol. The average Bonchev–Trinajstić information content (AvgIpc) is 2.16. The molecule has 84 valence electrons. The largest absolute Gasteiger partial charge is 0.200 e. The van der Waals surface area contributed by atoms with Crippen molar-refractivity contribution in [2.24, 2.45) is 15.2 Å². The van der Waals surface area contributed by atoms with Gasteiger partial charge in [0.05, 0.1) is 10.7 Å². The highest BCUT2D eigenvalue weighted by Gasteiger charge is 2.31. The molecule has 0 atom stereocenters. The Bertz CT molecular complexity index is 279. The molecule has 0 spiro atoms. The normalized spacial score (nSPS) is 21.3. The zero-order valence-corrected chi connectivity index (χ0v) is 10.6. The molecule has 0 radical (unpaired) electrons. The molecular formula is C11H19N3S. The summed E-state index contributed by atoms with van der Waals surface area (Å²) in [7, 11) is 0. The van der Waals surface area contributed by atoms with E-state index in [1.54, 1.807) is 0 Å². The Labute approximate surface area is 97.1 Å². The first kappa shape index (κ1) is 12.5. The molecule has 3 nitrogen and oxygen atoms in total. The molecule has 0 saturated heterocycles. The molecule has 0 aromatic carbocycles. The van der Waals surface area contributed by atoms with E-state index in [2.05, 4.69) is 20.4 Å². The molecular weight excluding hydrogens is 206 g/mol. The fraction of sp³-hybridized carbons (Fsp3) is 0.909. The number of azo groups is 1. The van der Waals surface area contributed by atoms with Gasteiger partial charge in [-0.25, -0.2) is 0 Å². The Morgan fingerprint density at radius 2 is 1.73 bits per heavy atom. The summed E-state index contributed by atoms with van der Waals surface area (Å²) in [4.78, 5) is 4.22. The maximum atomic E-state index is 4.69. The van der Waals surface area contributed by atoms with Gasteiger partial charge in [-0.05, 0) is 58.7 Å². The highest BCUT2D eigenvalue weighted by molar-refractivity contribution is 7.78. The van der Waals surface area contributed by atoms with E-state index in [0.29, 0.717) is 0 Å². The van der Waals surface area contributed by atoms with Crippen LogP contribution in [0.3, 0.4) is 0 Å². The maximum Gasteiger partial charge on any atom is 0.180 e. The van der Waals surface area contributed by atoms with Crippen molar-refractivity contribution < 1.29 is 0 Å². The van der Waals surface area contributed by atoms with Gasteiger partial charge < -0.3 is 0 Å². The summed E-state index contributed by atoms with van der Waals surface area (Å²) in [5.74, 6) is 0. The summed E-state index contributed by atoms with van der Waals surface area (Å²) in [6, 6.07) is 0. The van der Waals surface area contributed by atoms with E-state index in [4.69, 9.17) is 12.2 Å². The first-order valence-electron chi connectivity index (χ1n) is 5.51. The molecule has 1 fully saturated rings. The van der Waals surface area contributed by atoms with Gasteiger partial charge in [0.15, 0.2) is 5.66 Å². The van der Waals surface area contributed by atoms with Crippen LogP contribution >= 0.6 is 12.2 Å². The van der Waals surface area contributed by atoms with Crippen LogP contribution in [0.25, 0.3) is 0 Å². The van der Waals surface area contributed by atoms with Gasteiger partial charge >= 0.3 is 0 Å². The molecule has 1 aliphatic rings. The Hall–Kier alpha value is -0.600. The van der Waals surface area contributed by atoms with E-state index in [1.807, 2.05) is 20.8 Å². The number of hydrogen-bond donors (Lipinski definition) is 0. The smallest absolute Gasteiger partial charge is 0.180 e. The third-order valence-corrected chi connectivity index (χ3v) is 2.54. The fourth-order valence-electron chi connectivity index (χ4n) is 1.68. The van der Waals surface area contributed by atoms with Crippen LogP contribution in [0.5, 0.6) is 0 Å². The minimum Gasteiger partial charge on any atom is -0.200 e. The average molecular weight is 225 g/mol. The number of isothiocyanates is 1. The molecule has 0 N–H and O–H groups in total. The molecule has 0 aliphatic heterocycles. The lowest BCUT2D eigenvalue weighted by molar-refractivity contribution is 0.288. The summed E-state index contributed by atoms with van der Waals surface area (Å²) in [5, 5.41) is 11.2. The molecule has 1 aliphatic carbocycles. The van der Waals surface area contributed by atoms with E-state index in [1.165, 1.54) is 6.42 Å². The van der Waals surface area contributed by atoms with Crippen LogP contribution in [0.1, 0.15) is 52.9 Å². The van der Waals surface area contributed by atoms with Gasteiger partial charge in [0, 0.05) is 0 Å². The molecule has 0 aromatic heterocycles. The van der Waals surface area contributed by atoms with Gasteiger partial charge in [0.1, 0.15) is 0 Å². The van der Waals surface area contributed by atoms with Crippen LogP contribution < -0.4 is 0 Å². The Kier molecular flexibility index (Phi) is 4.12. The second-order valence-corrected chi connectivity index (χ2v) is 5.30. The van der Waals surface area contributed by atoms with Crippen molar-refractivity contribution in [2.75, 3.05) is 0 Å². The van der Waals surface area contributed by atoms with Crippen LogP contribution in [-0.2, 0) is 0 Å². The lowest BCUT2D eigenvalue weighted by atomic mass is 9.90. The Morgan fingerprint density at radius 1 is 1.13 bits per heavy atom. The van der Waals surface area contributed by atoms with Crippen molar-refractivity contribution in [3.8, 4) is 0 Å². The van der Waals surface area contributed by atoms with Crippen molar-refractivity contribution in [2.45, 2.75) is 64.1 Å². The third kappa shape index (κ3) is 4.18. The first-order valence-corrected chi connectivity index (χ1v) is 5.91. The first-order chi connectivity index (χ1) is 6.97. The van der Waals surface area contributed by atoms with Crippen LogP contribution in [-0.4, -0.2) is 16.4 Å². The van der Waals surface area contributed by atoms with Crippen LogP contribution in [0.15, 0.2) is 15.2 Å². The summed E-state index contributed by atoms with van der Waals surface area (Å²) in [6.07, 6.45) is 5.49. The summed E-state index contributed by atoms with van der Waals surface area (Å²) >= 11 is 4.69. The molecule has 1 rings (SSSR count). The highest BCUT2D eigenvalue weighted by atomic mass is 32.1. The van der Waals surface area contributed by atoms with E-state index < -0.39 is 5.66 Å². The highest BCUT2D eigenvalue weighted by Crippen LogP contribution is 2.33. The quantitative estimate of drug-likeness (QED) is 0.397. The fourth-order valence-corrected chi connectivity index (χ4v) is 1.85. The van der Waals surface area contributed by atoms with Gasteiger partial charge in [-0.2, -0.15) is 15.2 Å². The van der Waals surface area contributed by atoms with Crippen molar-refractivity contribution >= 4 is 17.4 Å². The second-order valence-electron chi connectivity index (χ2n) is 5.12. The number of nitrogens with zero attached hydrogens (tertiary/aromatic N) is 3. The van der Waals surface area contributed by atoms with Gasteiger partial charge in [-0.15, -0.1) is 0 Å². The number of aliphatic imine (C=N–C) groups is 1. The molecule has 0 unspecified atom stereocenters. The lowest BCUT2D eigenvalue weighted by Gasteiger charge is -2.28. The van der Waals surface area contributed by atoms with Crippen molar-refractivity contribution in [3.05, 3.63) is 0 Å². The molecule has 0 bridgehead atoms. The summed E-state index contributed by atoms with van der Waals surface area (Å²) in [6.45, 7) is 6.11. The van der Waals surface area contributed by atoms with E-state index in [-0.39, 0.29) is 5.54 Å². The predicted molar refractivity (Wildman–Crippen MR) is 65.5 cm³/mol. The number of thiocarbonyl (C=S) groups is 1. The molecule has 0 heterocycles. The molecule has 0 amide bonds. The molecule has 4 heteroatoms. The Morgan fingerprint density at radius 3 is 2.20 bits per heavy atom. The van der Waals surface area contributed by atoms with Crippen LogP contribution in [0, 0.1) is 0 Å². The molecule has 1 saturated carbocycles. The maximum absolute atomic E-state index is 4.69. The standard InChI is InChI=1S/C11H19N3S/c1-10(2,3)13-14-11(12-9-15)7-5-4-6-8-11/h4-8H2,1-3H3/b14-13+. The van der Waals surface area contributed by atoms with Crippen LogP contribution in [0.2, 0.25) is 0 Å². The van der Waals surface area contributed by atoms with E-state index >= 15 is 0 Å². The Balaban J connectivity index is 2.81. The van der Waals surface area contributed by atoms with Crippen LogP contribution in [0.4, 0.5) is 0 Å². The van der Waals surface area contributed by atoms with Crippen molar-refractivity contribution in [3.63, 3.8) is 0 Å². The van der Waals surface area contributed by atoms with Gasteiger partial charge in [0.2, 0.25) is 0 Å². The predicted octanol–water partition coefficient (Wildman–Crippen LogP) is 4.00. The van der Waals surface area contributed by atoms with Gasteiger partial charge in [-0.3, -0.25) is 0 Å². The molecule has 15 heavy (non-hydrogen) atoms. The van der Waals surface area contributed by atoms with Gasteiger partial charge in [-0.1, -0.05) is 6.42 Å². The minimum atomic E-state index is -0.396.